The van der Waals surface area contributed by atoms with Crippen LogP contribution in [0.25, 0.3) is 16.3 Å². The highest BCUT2D eigenvalue weighted by Crippen LogP contribution is 2.39. The van der Waals surface area contributed by atoms with Crippen molar-refractivity contribution in [2.45, 2.75) is 0 Å². The Morgan fingerprint density at radius 3 is 2.72 bits per heavy atom. The first-order chi connectivity index (χ1) is 11.9. The number of ether oxygens (including phenoxy) is 1. The molecule has 1 saturated heterocycles. The minimum absolute atomic E-state index is 0.146. The molecule has 0 spiro atoms. The van der Waals surface area contributed by atoms with Gasteiger partial charge in [-0.3, -0.25) is 4.79 Å². The molecule has 0 aromatic heterocycles. The zero-order valence-corrected chi connectivity index (χ0v) is 13.6. The number of carbonyl (C=O) groups excluding carboxylic acids is 1. The van der Waals surface area contributed by atoms with E-state index in [0.29, 0.717) is 22.9 Å². The van der Waals surface area contributed by atoms with Crippen molar-refractivity contribution in [3.63, 3.8) is 0 Å². The minimum atomic E-state index is -4.23. The zero-order chi connectivity index (χ0) is 17.8. The van der Waals surface area contributed by atoms with Gasteiger partial charge in [0, 0.05) is 5.39 Å². The SMILES string of the molecule is O=C1CN(c2c(O)cc3ccc(C4=CCOC4)cc3c2F)S(=O)(=O)N1. The molecule has 2 N–H and O–H groups in total. The van der Waals surface area contributed by atoms with E-state index in [1.165, 1.54) is 6.07 Å². The minimum Gasteiger partial charge on any atom is -0.506 e. The Labute approximate surface area is 142 Å². The highest BCUT2D eigenvalue weighted by atomic mass is 32.2. The second kappa shape index (κ2) is 5.43. The number of anilines is 1. The molecule has 2 aliphatic rings. The molecule has 0 atom stereocenters. The molecule has 25 heavy (non-hydrogen) atoms. The lowest BCUT2D eigenvalue weighted by atomic mass is 10.0. The van der Waals surface area contributed by atoms with Gasteiger partial charge >= 0.3 is 10.2 Å². The summed E-state index contributed by atoms with van der Waals surface area (Å²) in [5.74, 6) is -2.25. The van der Waals surface area contributed by atoms with Crippen molar-refractivity contribution in [3.8, 4) is 5.75 Å². The van der Waals surface area contributed by atoms with Crippen LogP contribution >= 0.6 is 0 Å². The van der Waals surface area contributed by atoms with E-state index in [0.717, 1.165) is 11.1 Å². The summed E-state index contributed by atoms with van der Waals surface area (Å²) < 4.78 is 46.6. The second-order valence-corrected chi connectivity index (χ2v) is 7.37. The fourth-order valence-corrected chi connectivity index (χ4v) is 4.16. The van der Waals surface area contributed by atoms with E-state index >= 15 is 4.39 Å². The lowest BCUT2D eigenvalue weighted by molar-refractivity contribution is -0.117. The number of rotatable bonds is 2. The van der Waals surface area contributed by atoms with Gasteiger partial charge in [0.1, 0.15) is 18.0 Å². The monoisotopic (exact) mass is 364 g/mol. The fraction of sp³-hybridized carbons (Fsp3) is 0.188. The van der Waals surface area contributed by atoms with Crippen LogP contribution in [-0.2, 0) is 19.7 Å². The summed E-state index contributed by atoms with van der Waals surface area (Å²) in [6.45, 7) is 0.310. The van der Waals surface area contributed by atoms with E-state index < -0.39 is 39.9 Å². The lowest BCUT2D eigenvalue weighted by Crippen LogP contribution is -2.30. The largest absolute Gasteiger partial charge is 0.506 e. The molecule has 1 fully saturated rings. The van der Waals surface area contributed by atoms with Gasteiger partial charge in [-0.25, -0.2) is 13.4 Å². The first-order valence-corrected chi connectivity index (χ1v) is 8.86. The maximum Gasteiger partial charge on any atom is 0.326 e. The van der Waals surface area contributed by atoms with Crippen LogP contribution in [0.5, 0.6) is 5.75 Å². The van der Waals surface area contributed by atoms with E-state index in [2.05, 4.69) is 0 Å². The molecule has 2 aromatic carbocycles. The highest BCUT2D eigenvalue weighted by molar-refractivity contribution is 7.92. The van der Waals surface area contributed by atoms with E-state index in [9.17, 15) is 18.3 Å². The zero-order valence-electron chi connectivity index (χ0n) is 12.8. The van der Waals surface area contributed by atoms with Crippen molar-refractivity contribution in [1.29, 1.82) is 0 Å². The van der Waals surface area contributed by atoms with Gasteiger partial charge in [-0.1, -0.05) is 18.2 Å². The summed E-state index contributed by atoms with van der Waals surface area (Å²) in [5.41, 5.74) is 1.11. The van der Waals surface area contributed by atoms with Crippen molar-refractivity contribution in [2.24, 2.45) is 0 Å². The highest BCUT2D eigenvalue weighted by Gasteiger charge is 2.37. The number of aromatic hydroxyl groups is 1. The molecule has 4 rings (SSSR count). The first-order valence-electron chi connectivity index (χ1n) is 7.42. The van der Waals surface area contributed by atoms with E-state index in [-0.39, 0.29) is 5.39 Å². The molecule has 0 saturated carbocycles. The van der Waals surface area contributed by atoms with Crippen molar-refractivity contribution in [3.05, 3.63) is 41.7 Å². The Kier molecular flexibility index (Phi) is 3.44. The van der Waals surface area contributed by atoms with Crippen LogP contribution in [0, 0.1) is 5.82 Å². The third kappa shape index (κ3) is 2.52. The Morgan fingerprint density at radius 1 is 1.28 bits per heavy atom. The number of halogens is 1. The number of hydrogen-bond acceptors (Lipinski definition) is 5. The van der Waals surface area contributed by atoms with Crippen molar-refractivity contribution >= 4 is 38.1 Å². The third-order valence-corrected chi connectivity index (χ3v) is 5.56. The van der Waals surface area contributed by atoms with Gasteiger partial charge in [-0.2, -0.15) is 8.42 Å². The van der Waals surface area contributed by atoms with Crippen LogP contribution < -0.4 is 9.03 Å². The molecule has 0 unspecified atom stereocenters. The molecular weight excluding hydrogens is 351 g/mol. The summed E-state index contributed by atoms with van der Waals surface area (Å²) in [6.07, 6.45) is 1.88. The number of phenolic OH excluding ortho intramolecular Hbond substituents is 1. The van der Waals surface area contributed by atoms with Crippen molar-refractivity contribution in [1.82, 2.24) is 4.72 Å². The molecule has 0 radical (unpaired) electrons. The van der Waals surface area contributed by atoms with Gasteiger partial charge in [0.2, 0.25) is 0 Å². The number of benzene rings is 2. The number of phenols is 1. The standard InChI is InChI=1S/C16H13FN2O5S/c17-15-12-5-9(11-3-4-24-8-11)1-2-10(12)6-13(20)16(15)19-7-14(21)18-25(19,22)23/h1-3,5-6,20H,4,7-8H2,(H,18,21). The number of nitrogens with one attached hydrogen (secondary N) is 1. The maximum absolute atomic E-state index is 15.1. The van der Waals surface area contributed by atoms with Crippen LogP contribution in [-0.4, -0.2) is 39.2 Å². The van der Waals surface area contributed by atoms with Gasteiger partial charge < -0.3 is 9.84 Å². The van der Waals surface area contributed by atoms with E-state index in [4.69, 9.17) is 4.74 Å². The van der Waals surface area contributed by atoms with E-state index in [1.807, 2.05) is 6.08 Å². The van der Waals surface area contributed by atoms with Gasteiger partial charge in [-0.15, -0.1) is 0 Å². The quantitative estimate of drug-likeness (QED) is 0.837. The Morgan fingerprint density at radius 2 is 2.08 bits per heavy atom. The number of fused-ring (bicyclic) bond motifs is 1. The van der Waals surface area contributed by atoms with Crippen LogP contribution in [0.2, 0.25) is 0 Å². The molecule has 9 heteroatoms. The number of hydrogen-bond donors (Lipinski definition) is 2. The smallest absolute Gasteiger partial charge is 0.326 e. The fourth-order valence-electron chi connectivity index (χ4n) is 3.00. The van der Waals surface area contributed by atoms with Crippen LogP contribution in [0.1, 0.15) is 5.56 Å². The molecule has 0 aliphatic carbocycles. The van der Waals surface area contributed by atoms with Gasteiger partial charge in [0.05, 0.1) is 13.2 Å². The van der Waals surface area contributed by atoms with Crippen molar-refractivity contribution < 1.29 is 27.4 Å². The molecular formula is C16H13FN2O5S. The Hall–Kier alpha value is -2.65. The summed E-state index contributed by atoms with van der Waals surface area (Å²) >= 11 is 0. The van der Waals surface area contributed by atoms with Gasteiger partial charge in [0.15, 0.2) is 5.82 Å². The lowest BCUT2D eigenvalue weighted by Gasteiger charge is -2.18. The van der Waals surface area contributed by atoms with Crippen molar-refractivity contribution in [2.75, 3.05) is 24.1 Å². The summed E-state index contributed by atoms with van der Waals surface area (Å²) in [4.78, 5) is 11.4. The maximum atomic E-state index is 15.1. The van der Waals surface area contributed by atoms with Gasteiger partial charge in [-0.05, 0) is 28.7 Å². The molecule has 0 bridgehead atoms. The molecule has 2 heterocycles. The molecule has 130 valence electrons. The van der Waals surface area contributed by atoms with Gasteiger partial charge in [0.25, 0.3) is 5.91 Å². The second-order valence-electron chi connectivity index (χ2n) is 5.78. The normalized spacial score (nSPS) is 19.3. The number of amides is 1. The first kappa shape index (κ1) is 15.9. The summed E-state index contributed by atoms with van der Waals surface area (Å²) in [6, 6.07) is 6.26. The molecule has 2 aromatic rings. The molecule has 7 nitrogen and oxygen atoms in total. The number of nitrogens with zero attached hydrogens (tertiary/aromatic N) is 1. The Bertz CT molecular complexity index is 1050. The average Bonchev–Trinajstić information content (AvgIpc) is 3.15. The summed E-state index contributed by atoms with van der Waals surface area (Å²) in [5, 5.41) is 10.7. The Balaban J connectivity index is 1.92. The van der Waals surface area contributed by atoms with Crippen LogP contribution in [0.15, 0.2) is 30.3 Å². The molecule has 2 aliphatic heterocycles. The third-order valence-electron chi connectivity index (χ3n) is 4.18. The summed E-state index contributed by atoms with van der Waals surface area (Å²) in [7, 11) is -4.23. The predicted octanol–water partition coefficient (Wildman–Crippen LogP) is 1.28. The molecule has 1 amide bonds. The average molecular weight is 364 g/mol. The predicted molar refractivity (Wildman–Crippen MR) is 88.8 cm³/mol. The number of carbonyl (C=O) groups is 1. The topological polar surface area (TPSA) is 95.9 Å². The van der Waals surface area contributed by atoms with Crippen LogP contribution in [0.3, 0.4) is 0 Å². The van der Waals surface area contributed by atoms with E-state index in [1.54, 1.807) is 22.9 Å². The van der Waals surface area contributed by atoms with Crippen LogP contribution in [0.4, 0.5) is 10.1 Å².